The van der Waals surface area contributed by atoms with Gasteiger partial charge in [0.25, 0.3) is 0 Å². The number of carbonyl (C=O) groups is 2. The molecule has 9 nitrogen and oxygen atoms in total. The van der Waals surface area contributed by atoms with Crippen LogP contribution in [0, 0.1) is 0 Å². The summed E-state index contributed by atoms with van der Waals surface area (Å²) in [7, 11) is 1.70. The lowest BCUT2D eigenvalue weighted by Crippen LogP contribution is -2.40. The van der Waals surface area contributed by atoms with Crippen molar-refractivity contribution in [1.29, 1.82) is 0 Å². The van der Waals surface area contributed by atoms with Gasteiger partial charge in [-0.25, -0.2) is 9.59 Å². The zero-order chi connectivity index (χ0) is 15.7. The Morgan fingerprint density at radius 3 is 3.00 bits per heavy atom. The van der Waals surface area contributed by atoms with Crippen LogP contribution >= 0.6 is 0 Å². The molecule has 120 valence electrons. The minimum Gasteiger partial charge on any atom is -0.439 e. The van der Waals surface area contributed by atoms with Crippen LogP contribution in [0.1, 0.15) is 19.8 Å². The number of rotatable bonds is 3. The molecule has 2 fully saturated rings. The molecule has 0 radical (unpaired) electrons. The van der Waals surface area contributed by atoms with Gasteiger partial charge in [0, 0.05) is 26.6 Å². The zero-order valence-corrected chi connectivity index (χ0v) is 12.8. The predicted molar refractivity (Wildman–Crippen MR) is 77.4 cm³/mol. The van der Waals surface area contributed by atoms with Crippen molar-refractivity contribution >= 4 is 17.9 Å². The van der Waals surface area contributed by atoms with Crippen molar-refractivity contribution in [3.8, 4) is 0 Å². The van der Waals surface area contributed by atoms with E-state index < -0.39 is 5.60 Å². The fourth-order valence-electron chi connectivity index (χ4n) is 2.91. The maximum absolute atomic E-state index is 12.3. The first-order valence-electron chi connectivity index (χ1n) is 7.41. The van der Waals surface area contributed by atoms with Crippen molar-refractivity contribution in [2.24, 2.45) is 0 Å². The molecule has 2 aliphatic rings. The third-order valence-electron chi connectivity index (χ3n) is 3.97. The van der Waals surface area contributed by atoms with Gasteiger partial charge in [-0.15, -0.1) is 5.10 Å². The summed E-state index contributed by atoms with van der Waals surface area (Å²) < 4.78 is 7.11. The Morgan fingerprint density at radius 2 is 2.32 bits per heavy atom. The second-order valence-corrected chi connectivity index (χ2v) is 5.88. The van der Waals surface area contributed by atoms with E-state index >= 15 is 0 Å². The van der Waals surface area contributed by atoms with Gasteiger partial charge in [0.05, 0.1) is 19.3 Å². The standard InChI is InChI=1S/C13H20N6O3/c1-3-5-19-7-10(15-16-19)14-11(20)18-6-4-13(9-18)8-17(2)12(21)22-13/h7H,3-6,8-9H2,1-2H3,(H,14,20)/t13-/m1/s1. The molecule has 1 atom stereocenters. The smallest absolute Gasteiger partial charge is 0.410 e. The predicted octanol–water partition coefficient (Wildman–Crippen LogP) is 0.746. The number of ether oxygens (including phenoxy) is 1. The van der Waals surface area contributed by atoms with Crippen LogP contribution in [-0.4, -0.2) is 69.2 Å². The number of likely N-dealkylation sites (tertiary alicyclic amines) is 1. The van der Waals surface area contributed by atoms with Gasteiger partial charge in [0.15, 0.2) is 11.4 Å². The van der Waals surface area contributed by atoms with E-state index in [1.165, 1.54) is 4.90 Å². The second kappa shape index (κ2) is 5.47. The molecule has 1 N–H and O–H groups in total. The molecule has 1 aromatic heterocycles. The highest BCUT2D eigenvalue weighted by molar-refractivity contribution is 5.88. The SMILES string of the molecule is CCCn1cc(NC(=O)N2CC[C@@]3(CN(C)C(=O)O3)C2)nn1. The molecule has 0 unspecified atom stereocenters. The number of likely N-dealkylation sites (N-methyl/N-ethyl adjacent to an activating group) is 1. The van der Waals surface area contributed by atoms with Crippen LogP contribution in [0.2, 0.25) is 0 Å². The average Bonchev–Trinajstić information content (AvgIpc) is 3.13. The summed E-state index contributed by atoms with van der Waals surface area (Å²) in [5, 5.41) is 10.6. The van der Waals surface area contributed by atoms with Gasteiger partial charge in [-0.3, -0.25) is 10.00 Å². The molecule has 3 amide bonds. The van der Waals surface area contributed by atoms with Crippen molar-refractivity contribution in [2.45, 2.75) is 31.9 Å². The molecule has 9 heteroatoms. The number of urea groups is 1. The summed E-state index contributed by atoms with van der Waals surface area (Å²) in [6, 6.07) is -0.244. The summed E-state index contributed by atoms with van der Waals surface area (Å²) in [5.74, 6) is 0.430. The molecule has 3 rings (SSSR count). The highest BCUT2D eigenvalue weighted by Gasteiger charge is 2.49. The largest absolute Gasteiger partial charge is 0.439 e. The fraction of sp³-hybridized carbons (Fsp3) is 0.692. The van der Waals surface area contributed by atoms with Crippen molar-refractivity contribution in [1.82, 2.24) is 24.8 Å². The monoisotopic (exact) mass is 308 g/mol. The van der Waals surface area contributed by atoms with E-state index in [0.717, 1.165) is 13.0 Å². The van der Waals surface area contributed by atoms with E-state index in [0.29, 0.717) is 31.9 Å². The van der Waals surface area contributed by atoms with E-state index in [1.807, 2.05) is 6.92 Å². The van der Waals surface area contributed by atoms with Crippen LogP contribution in [-0.2, 0) is 11.3 Å². The molecule has 1 spiro atoms. The zero-order valence-electron chi connectivity index (χ0n) is 12.8. The quantitative estimate of drug-likeness (QED) is 0.889. The van der Waals surface area contributed by atoms with Crippen LogP contribution in [0.15, 0.2) is 6.20 Å². The van der Waals surface area contributed by atoms with Crippen LogP contribution in [0.3, 0.4) is 0 Å². The first-order valence-corrected chi connectivity index (χ1v) is 7.41. The maximum Gasteiger partial charge on any atom is 0.410 e. The third-order valence-corrected chi connectivity index (χ3v) is 3.97. The molecular weight excluding hydrogens is 288 g/mol. The average molecular weight is 308 g/mol. The summed E-state index contributed by atoms with van der Waals surface area (Å²) in [6.07, 6.45) is 2.98. The van der Waals surface area contributed by atoms with Gasteiger partial charge < -0.3 is 14.5 Å². The molecule has 0 aromatic carbocycles. The molecule has 2 saturated heterocycles. The minimum absolute atomic E-state index is 0.244. The first-order chi connectivity index (χ1) is 10.5. The molecule has 3 heterocycles. The normalized spacial score (nSPS) is 24.2. The summed E-state index contributed by atoms with van der Waals surface area (Å²) in [4.78, 5) is 27.0. The Bertz CT molecular complexity index is 588. The van der Waals surface area contributed by atoms with E-state index in [9.17, 15) is 9.59 Å². The Labute approximate surface area is 128 Å². The van der Waals surface area contributed by atoms with Gasteiger partial charge in [-0.1, -0.05) is 12.1 Å². The van der Waals surface area contributed by atoms with E-state index in [4.69, 9.17) is 4.74 Å². The second-order valence-electron chi connectivity index (χ2n) is 5.88. The summed E-state index contributed by atoms with van der Waals surface area (Å²) in [5.41, 5.74) is -0.566. The Balaban J connectivity index is 1.58. The van der Waals surface area contributed by atoms with E-state index in [2.05, 4.69) is 15.6 Å². The lowest BCUT2D eigenvalue weighted by atomic mass is 10.0. The highest BCUT2D eigenvalue weighted by Crippen LogP contribution is 2.31. The number of amides is 3. The fourth-order valence-corrected chi connectivity index (χ4v) is 2.91. The molecule has 0 bridgehead atoms. The highest BCUT2D eigenvalue weighted by atomic mass is 16.6. The third kappa shape index (κ3) is 2.70. The molecule has 2 aliphatic heterocycles. The number of hydrogen-bond acceptors (Lipinski definition) is 5. The molecular formula is C13H20N6O3. The lowest BCUT2D eigenvalue weighted by molar-refractivity contribution is 0.0662. The first kappa shape index (κ1) is 14.6. The number of carbonyl (C=O) groups excluding carboxylic acids is 2. The van der Waals surface area contributed by atoms with Crippen molar-refractivity contribution in [3.05, 3.63) is 6.20 Å². The van der Waals surface area contributed by atoms with Crippen molar-refractivity contribution in [3.63, 3.8) is 0 Å². The number of anilines is 1. The number of nitrogens with one attached hydrogen (secondary N) is 1. The summed E-state index contributed by atoms with van der Waals surface area (Å²) in [6.45, 7) is 4.28. The summed E-state index contributed by atoms with van der Waals surface area (Å²) >= 11 is 0. The van der Waals surface area contributed by atoms with Crippen molar-refractivity contribution < 1.29 is 14.3 Å². The Hall–Kier alpha value is -2.32. The number of aryl methyl sites for hydroxylation is 1. The Morgan fingerprint density at radius 1 is 1.50 bits per heavy atom. The van der Waals surface area contributed by atoms with Crippen LogP contribution in [0.4, 0.5) is 15.4 Å². The number of hydrogen-bond donors (Lipinski definition) is 1. The minimum atomic E-state index is -0.566. The van der Waals surface area contributed by atoms with Crippen molar-refractivity contribution in [2.75, 3.05) is 32.0 Å². The van der Waals surface area contributed by atoms with E-state index in [-0.39, 0.29) is 12.1 Å². The van der Waals surface area contributed by atoms with Crippen LogP contribution in [0.25, 0.3) is 0 Å². The Kier molecular flexibility index (Phi) is 3.63. The van der Waals surface area contributed by atoms with Gasteiger partial charge in [-0.05, 0) is 6.42 Å². The van der Waals surface area contributed by atoms with Crippen LogP contribution in [0.5, 0.6) is 0 Å². The topological polar surface area (TPSA) is 92.6 Å². The van der Waals surface area contributed by atoms with Gasteiger partial charge in [0.1, 0.15) is 0 Å². The molecule has 22 heavy (non-hydrogen) atoms. The molecule has 0 aliphatic carbocycles. The number of nitrogens with zero attached hydrogens (tertiary/aromatic N) is 5. The number of aromatic nitrogens is 3. The molecule has 1 aromatic rings. The lowest BCUT2D eigenvalue weighted by Gasteiger charge is -2.21. The van der Waals surface area contributed by atoms with Gasteiger partial charge in [-0.2, -0.15) is 0 Å². The van der Waals surface area contributed by atoms with Gasteiger partial charge in [0.2, 0.25) is 0 Å². The molecule has 0 saturated carbocycles. The van der Waals surface area contributed by atoms with Gasteiger partial charge >= 0.3 is 12.1 Å². The van der Waals surface area contributed by atoms with E-state index in [1.54, 1.807) is 22.8 Å². The maximum atomic E-state index is 12.3. The van der Waals surface area contributed by atoms with Crippen LogP contribution < -0.4 is 5.32 Å².